The molecule has 94 valence electrons. The summed E-state index contributed by atoms with van der Waals surface area (Å²) in [5, 5.41) is 0. The fraction of sp³-hybridized carbons (Fsp3) is 0.571. The second kappa shape index (κ2) is 6.41. The van der Waals surface area contributed by atoms with Crippen molar-refractivity contribution in [3.63, 3.8) is 0 Å². The van der Waals surface area contributed by atoms with Crippen LogP contribution in [0.5, 0.6) is 5.75 Å². The lowest BCUT2D eigenvalue weighted by molar-refractivity contribution is 0.230. The summed E-state index contributed by atoms with van der Waals surface area (Å²) < 4.78 is 6.80. The highest BCUT2D eigenvalue weighted by Crippen LogP contribution is 2.18. The van der Waals surface area contributed by atoms with Crippen LogP contribution in [0.15, 0.2) is 28.7 Å². The summed E-state index contributed by atoms with van der Waals surface area (Å²) >= 11 is 3.42. The second-order valence-corrected chi connectivity index (χ2v) is 5.60. The van der Waals surface area contributed by atoms with Crippen molar-refractivity contribution in [1.82, 2.24) is 4.90 Å². The molecule has 0 amide bonds. The average Bonchev–Trinajstić information content (AvgIpc) is 2.73. The Labute approximate surface area is 112 Å². The Morgan fingerprint density at radius 1 is 1.35 bits per heavy atom. The fourth-order valence-electron chi connectivity index (χ4n) is 2.31. The van der Waals surface area contributed by atoms with Crippen LogP contribution >= 0.6 is 15.9 Å². The Hall–Kier alpha value is -0.540. The van der Waals surface area contributed by atoms with E-state index in [2.05, 4.69) is 27.8 Å². The molecule has 1 aromatic carbocycles. The summed E-state index contributed by atoms with van der Waals surface area (Å²) in [6.45, 7) is 5.56. The van der Waals surface area contributed by atoms with E-state index in [1.807, 2.05) is 24.3 Å². The van der Waals surface area contributed by atoms with E-state index in [-0.39, 0.29) is 0 Å². The van der Waals surface area contributed by atoms with Gasteiger partial charge in [-0.1, -0.05) is 15.9 Å². The van der Waals surface area contributed by atoms with Gasteiger partial charge in [0.25, 0.3) is 0 Å². The van der Waals surface area contributed by atoms with Gasteiger partial charge in [-0.15, -0.1) is 0 Å². The van der Waals surface area contributed by atoms with Crippen molar-refractivity contribution in [1.29, 1.82) is 0 Å². The standard InChI is InChI=1S/C14H20BrNO/c1-12-4-2-9-16(12)10-3-11-17-14-7-5-13(15)6-8-14/h5-8,12H,2-4,9-11H2,1H3. The van der Waals surface area contributed by atoms with Crippen LogP contribution in [0.2, 0.25) is 0 Å². The number of halogens is 1. The van der Waals surface area contributed by atoms with E-state index in [0.29, 0.717) is 0 Å². The summed E-state index contributed by atoms with van der Waals surface area (Å²) in [6.07, 6.45) is 3.82. The van der Waals surface area contributed by atoms with Crippen LogP contribution in [-0.4, -0.2) is 30.6 Å². The molecule has 1 fully saturated rings. The van der Waals surface area contributed by atoms with E-state index in [1.54, 1.807) is 0 Å². The lowest BCUT2D eigenvalue weighted by atomic mass is 10.2. The molecule has 1 aliphatic rings. The van der Waals surface area contributed by atoms with Gasteiger partial charge in [0.2, 0.25) is 0 Å². The van der Waals surface area contributed by atoms with Crippen molar-refractivity contribution >= 4 is 15.9 Å². The van der Waals surface area contributed by atoms with E-state index in [0.717, 1.165) is 35.8 Å². The maximum absolute atomic E-state index is 5.71. The maximum Gasteiger partial charge on any atom is 0.119 e. The number of benzene rings is 1. The summed E-state index contributed by atoms with van der Waals surface area (Å²) in [4.78, 5) is 2.56. The zero-order chi connectivity index (χ0) is 12.1. The number of hydrogen-bond acceptors (Lipinski definition) is 2. The van der Waals surface area contributed by atoms with Gasteiger partial charge in [-0.05, 0) is 57.0 Å². The third-order valence-electron chi connectivity index (χ3n) is 3.36. The largest absolute Gasteiger partial charge is 0.494 e. The minimum Gasteiger partial charge on any atom is -0.494 e. The third-order valence-corrected chi connectivity index (χ3v) is 3.89. The van der Waals surface area contributed by atoms with Gasteiger partial charge in [0.15, 0.2) is 0 Å². The molecular formula is C14H20BrNO. The normalized spacial score (nSPS) is 20.7. The van der Waals surface area contributed by atoms with Gasteiger partial charge in [-0.2, -0.15) is 0 Å². The summed E-state index contributed by atoms with van der Waals surface area (Å²) in [5.74, 6) is 0.961. The van der Waals surface area contributed by atoms with Gasteiger partial charge in [-0.3, -0.25) is 0 Å². The van der Waals surface area contributed by atoms with E-state index in [1.165, 1.54) is 19.4 Å². The van der Waals surface area contributed by atoms with Crippen LogP contribution in [0.4, 0.5) is 0 Å². The number of likely N-dealkylation sites (tertiary alicyclic amines) is 1. The molecule has 1 unspecified atom stereocenters. The molecule has 1 saturated heterocycles. The highest BCUT2D eigenvalue weighted by Gasteiger charge is 2.18. The molecule has 0 saturated carbocycles. The van der Waals surface area contributed by atoms with Gasteiger partial charge in [0, 0.05) is 17.1 Å². The molecule has 1 aliphatic heterocycles. The number of ether oxygens (including phenoxy) is 1. The molecule has 3 heteroatoms. The third kappa shape index (κ3) is 4.00. The highest BCUT2D eigenvalue weighted by molar-refractivity contribution is 9.10. The molecule has 1 atom stereocenters. The summed E-state index contributed by atoms with van der Waals surface area (Å²) in [7, 11) is 0. The summed E-state index contributed by atoms with van der Waals surface area (Å²) in [5.41, 5.74) is 0. The van der Waals surface area contributed by atoms with E-state index in [9.17, 15) is 0 Å². The zero-order valence-corrected chi connectivity index (χ0v) is 11.9. The van der Waals surface area contributed by atoms with E-state index >= 15 is 0 Å². The molecule has 0 spiro atoms. The molecule has 0 bridgehead atoms. The van der Waals surface area contributed by atoms with Gasteiger partial charge < -0.3 is 9.64 Å². The molecule has 0 aliphatic carbocycles. The lowest BCUT2D eigenvalue weighted by Gasteiger charge is -2.20. The fourth-order valence-corrected chi connectivity index (χ4v) is 2.58. The van der Waals surface area contributed by atoms with Gasteiger partial charge >= 0.3 is 0 Å². The molecular weight excluding hydrogens is 278 g/mol. The molecule has 2 rings (SSSR count). The first kappa shape index (κ1) is 12.9. The maximum atomic E-state index is 5.71. The minimum absolute atomic E-state index is 0.766. The predicted octanol–water partition coefficient (Wildman–Crippen LogP) is 3.70. The topological polar surface area (TPSA) is 12.5 Å². The first-order valence-electron chi connectivity index (χ1n) is 6.38. The van der Waals surface area contributed by atoms with Crippen molar-refractivity contribution < 1.29 is 4.74 Å². The smallest absolute Gasteiger partial charge is 0.119 e. The molecule has 0 N–H and O–H groups in total. The Morgan fingerprint density at radius 3 is 2.76 bits per heavy atom. The van der Waals surface area contributed by atoms with Crippen LogP contribution in [0.3, 0.4) is 0 Å². The van der Waals surface area contributed by atoms with E-state index in [4.69, 9.17) is 4.74 Å². The van der Waals surface area contributed by atoms with Crippen LogP contribution in [-0.2, 0) is 0 Å². The quantitative estimate of drug-likeness (QED) is 0.769. The Bertz CT molecular complexity index is 339. The Balaban J connectivity index is 1.64. The second-order valence-electron chi connectivity index (χ2n) is 4.68. The van der Waals surface area contributed by atoms with Crippen LogP contribution in [0.25, 0.3) is 0 Å². The van der Waals surface area contributed by atoms with Crippen LogP contribution < -0.4 is 4.74 Å². The highest BCUT2D eigenvalue weighted by atomic mass is 79.9. The molecule has 17 heavy (non-hydrogen) atoms. The van der Waals surface area contributed by atoms with Crippen LogP contribution in [0, 0.1) is 0 Å². The van der Waals surface area contributed by atoms with Gasteiger partial charge in [-0.25, -0.2) is 0 Å². The molecule has 0 aromatic heterocycles. The first-order chi connectivity index (χ1) is 8.25. The van der Waals surface area contributed by atoms with Crippen molar-refractivity contribution in [2.75, 3.05) is 19.7 Å². The molecule has 0 radical (unpaired) electrons. The van der Waals surface area contributed by atoms with Crippen LogP contribution in [0.1, 0.15) is 26.2 Å². The number of nitrogens with zero attached hydrogens (tertiary/aromatic N) is 1. The van der Waals surface area contributed by atoms with Crippen molar-refractivity contribution in [2.24, 2.45) is 0 Å². The van der Waals surface area contributed by atoms with Crippen molar-refractivity contribution in [3.8, 4) is 5.75 Å². The zero-order valence-electron chi connectivity index (χ0n) is 10.4. The monoisotopic (exact) mass is 297 g/mol. The summed E-state index contributed by atoms with van der Waals surface area (Å²) in [6, 6.07) is 8.80. The Morgan fingerprint density at radius 2 is 2.12 bits per heavy atom. The van der Waals surface area contributed by atoms with Crippen molar-refractivity contribution in [2.45, 2.75) is 32.2 Å². The predicted molar refractivity (Wildman–Crippen MR) is 74.5 cm³/mol. The molecule has 1 heterocycles. The van der Waals surface area contributed by atoms with Crippen molar-refractivity contribution in [3.05, 3.63) is 28.7 Å². The molecule has 1 aromatic rings. The lowest BCUT2D eigenvalue weighted by Crippen LogP contribution is -2.28. The number of rotatable bonds is 5. The Kier molecular flexibility index (Phi) is 4.86. The minimum atomic E-state index is 0.766. The SMILES string of the molecule is CC1CCCN1CCCOc1ccc(Br)cc1. The average molecular weight is 298 g/mol. The van der Waals surface area contributed by atoms with Gasteiger partial charge in [0.1, 0.15) is 5.75 Å². The number of hydrogen-bond donors (Lipinski definition) is 0. The first-order valence-corrected chi connectivity index (χ1v) is 7.17. The van der Waals surface area contributed by atoms with E-state index < -0.39 is 0 Å². The van der Waals surface area contributed by atoms with Gasteiger partial charge in [0.05, 0.1) is 6.61 Å². The molecule has 2 nitrogen and oxygen atoms in total.